The Hall–Kier alpha value is -2.45. The molecule has 0 aromatic heterocycles. The van der Waals surface area contributed by atoms with Gasteiger partial charge in [-0.05, 0) is 17.5 Å². The first kappa shape index (κ1) is 10.1. The van der Waals surface area contributed by atoms with Gasteiger partial charge in [-0.25, -0.2) is 0 Å². The molecule has 0 saturated carbocycles. The van der Waals surface area contributed by atoms with Crippen molar-refractivity contribution in [2.75, 3.05) is 5.73 Å². The van der Waals surface area contributed by atoms with E-state index in [1.807, 2.05) is 42.5 Å². The summed E-state index contributed by atoms with van der Waals surface area (Å²) in [6, 6.07) is 13.6. The molecular weight excluding hydrogens is 196 g/mol. The van der Waals surface area contributed by atoms with Gasteiger partial charge in [0.2, 0.25) is 0 Å². The molecule has 0 spiro atoms. The molecule has 0 saturated heterocycles. The lowest BCUT2D eigenvalue weighted by molar-refractivity contribution is 1.40. The van der Waals surface area contributed by atoms with Crippen molar-refractivity contribution < 1.29 is 0 Å². The van der Waals surface area contributed by atoms with E-state index in [0.717, 1.165) is 22.0 Å². The summed E-state index contributed by atoms with van der Waals surface area (Å²) < 4.78 is 0. The molecule has 0 fully saturated rings. The Morgan fingerprint density at radius 3 is 2.62 bits per heavy atom. The minimum Gasteiger partial charge on any atom is -0.398 e. The molecule has 2 heteroatoms. The largest absolute Gasteiger partial charge is 0.398 e. The maximum absolute atomic E-state index is 8.43. The number of nitrogens with two attached hydrogens (primary N) is 1. The summed E-state index contributed by atoms with van der Waals surface area (Å²) in [5.41, 5.74) is 7.55. The van der Waals surface area contributed by atoms with Gasteiger partial charge in [0.05, 0.1) is 12.5 Å². The monoisotopic (exact) mass is 206 g/mol. The van der Waals surface area contributed by atoms with E-state index < -0.39 is 0 Å². The third kappa shape index (κ3) is 1.82. The third-order valence-electron chi connectivity index (χ3n) is 2.35. The second-order valence-corrected chi connectivity index (χ2v) is 3.38. The van der Waals surface area contributed by atoms with Gasteiger partial charge in [0.15, 0.2) is 0 Å². The van der Waals surface area contributed by atoms with Gasteiger partial charge in [-0.15, -0.1) is 0 Å². The first-order valence-corrected chi connectivity index (χ1v) is 4.96. The lowest BCUT2D eigenvalue weighted by Gasteiger charge is -2.03. The summed E-state index contributed by atoms with van der Waals surface area (Å²) in [5.74, 6) is 5.80. The van der Waals surface area contributed by atoms with E-state index in [2.05, 4.69) is 11.8 Å². The zero-order valence-corrected chi connectivity index (χ0v) is 8.70. The highest BCUT2D eigenvalue weighted by atomic mass is 14.5. The van der Waals surface area contributed by atoms with Crippen molar-refractivity contribution in [3.05, 3.63) is 42.0 Å². The van der Waals surface area contributed by atoms with Crippen LogP contribution in [0.3, 0.4) is 0 Å². The SMILES string of the molecule is N#CCC#Cc1cccc2c(N)cccc12. The second-order valence-electron chi connectivity index (χ2n) is 3.38. The van der Waals surface area contributed by atoms with Crippen molar-refractivity contribution in [3.63, 3.8) is 0 Å². The maximum Gasteiger partial charge on any atom is 0.0966 e. The minimum absolute atomic E-state index is 0.249. The van der Waals surface area contributed by atoms with Gasteiger partial charge < -0.3 is 5.73 Å². The van der Waals surface area contributed by atoms with Gasteiger partial charge in [-0.1, -0.05) is 36.1 Å². The Morgan fingerprint density at radius 2 is 1.81 bits per heavy atom. The summed E-state index contributed by atoms with van der Waals surface area (Å²) in [6.45, 7) is 0. The van der Waals surface area contributed by atoms with Crippen LogP contribution in [-0.2, 0) is 0 Å². The molecule has 2 N–H and O–H groups in total. The lowest BCUT2D eigenvalue weighted by Crippen LogP contribution is -1.87. The van der Waals surface area contributed by atoms with Crippen molar-refractivity contribution in [2.24, 2.45) is 0 Å². The van der Waals surface area contributed by atoms with Gasteiger partial charge in [-0.2, -0.15) is 5.26 Å². The van der Waals surface area contributed by atoms with Crippen LogP contribution in [0.4, 0.5) is 5.69 Å². The Labute approximate surface area is 94.3 Å². The number of hydrogen-bond acceptors (Lipinski definition) is 2. The highest BCUT2D eigenvalue weighted by Crippen LogP contribution is 2.23. The third-order valence-corrected chi connectivity index (χ3v) is 2.35. The molecule has 2 nitrogen and oxygen atoms in total. The molecule has 2 aromatic rings. The van der Waals surface area contributed by atoms with Crippen LogP contribution in [0.2, 0.25) is 0 Å². The van der Waals surface area contributed by atoms with E-state index in [1.54, 1.807) is 0 Å². The summed E-state index contributed by atoms with van der Waals surface area (Å²) in [5, 5.41) is 10.5. The fraction of sp³-hybridized carbons (Fsp3) is 0.0714. The van der Waals surface area contributed by atoms with E-state index >= 15 is 0 Å². The molecule has 0 radical (unpaired) electrons. The van der Waals surface area contributed by atoms with E-state index in [1.165, 1.54) is 0 Å². The summed E-state index contributed by atoms with van der Waals surface area (Å²) >= 11 is 0. The Balaban J connectivity index is 2.61. The van der Waals surface area contributed by atoms with Crippen LogP contribution in [0.15, 0.2) is 36.4 Å². The van der Waals surface area contributed by atoms with E-state index in [9.17, 15) is 0 Å². The average molecular weight is 206 g/mol. The topological polar surface area (TPSA) is 49.8 Å². The molecule has 0 atom stereocenters. The molecule has 16 heavy (non-hydrogen) atoms. The number of fused-ring (bicyclic) bond motifs is 1. The molecule has 0 aliphatic rings. The predicted octanol–water partition coefficient (Wildman–Crippen LogP) is 2.69. The second kappa shape index (κ2) is 4.38. The number of rotatable bonds is 0. The lowest BCUT2D eigenvalue weighted by atomic mass is 10.0. The van der Waals surface area contributed by atoms with Crippen LogP contribution in [0.5, 0.6) is 0 Å². The van der Waals surface area contributed by atoms with Crippen LogP contribution in [0, 0.1) is 23.2 Å². The van der Waals surface area contributed by atoms with Crippen LogP contribution in [0.25, 0.3) is 10.8 Å². The number of nitrogens with zero attached hydrogens (tertiary/aromatic N) is 1. The number of anilines is 1. The van der Waals surface area contributed by atoms with Gasteiger partial charge >= 0.3 is 0 Å². The van der Waals surface area contributed by atoms with Gasteiger partial charge in [0.1, 0.15) is 0 Å². The molecule has 2 rings (SSSR count). The zero-order chi connectivity index (χ0) is 11.4. The first-order chi connectivity index (χ1) is 7.83. The zero-order valence-electron chi connectivity index (χ0n) is 8.70. The highest BCUT2D eigenvalue weighted by Gasteiger charge is 1.99. The predicted molar refractivity (Wildman–Crippen MR) is 65.5 cm³/mol. The van der Waals surface area contributed by atoms with Crippen LogP contribution in [0.1, 0.15) is 12.0 Å². The van der Waals surface area contributed by atoms with Crippen molar-refractivity contribution >= 4 is 16.5 Å². The number of nitriles is 1. The number of benzene rings is 2. The van der Waals surface area contributed by atoms with E-state index in [-0.39, 0.29) is 6.42 Å². The van der Waals surface area contributed by atoms with Crippen molar-refractivity contribution in [2.45, 2.75) is 6.42 Å². The van der Waals surface area contributed by atoms with Gasteiger partial charge in [0, 0.05) is 16.6 Å². The van der Waals surface area contributed by atoms with E-state index in [4.69, 9.17) is 11.0 Å². The molecule has 2 aromatic carbocycles. The van der Waals surface area contributed by atoms with Crippen LogP contribution < -0.4 is 5.73 Å². The van der Waals surface area contributed by atoms with Gasteiger partial charge in [0.25, 0.3) is 0 Å². The number of hydrogen-bond donors (Lipinski definition) is 1. The normalized spacial score (nSPS) is 9.19. The number of nitrogen functional groups attached to an aromatic ring is 1. The average Bonchev–Trinajstić information content (AvgIpc) is 2.31. The van der Waals surface area contributed by atoms with Crippen molar-refractivity contribution in [1.29, 1.82) is 5.26 Å². The summed E-state index contributed by atoms with van der Waals surface area (Å²) in [6.07, 6.45) is 0.249. The van der Waals surface area contributed by atoms with Crippen LogP contribution >= 0.6 is 0 Å². The fourth-order valence-electron chi connectivity index (χ4n) is 1.62. The summed E-state index contributed by atoms with van der Waals surface area (Å²) in [7, 11) is 0. The fourth-order valence-corrected chi connectivity index (χ4v) is 1.62. The molecular formula is C14H10N2. The Morgan fingerprint density at radius 1 is 1.06 bits per heavy atom. The van der Waals surface area contributed by atoms with Crippen molar-refractivity contribution in [1.82, 2.24) is 0 Å². The van der Waals surface area contributed by atoms with E-state index in [0.29, 0.717) is 0 Å². The standard InChI is InChI=1S/C14H10N2/c15-10-2-1-5-11-6-3-8-13-12(11)7-4-9-14(13)16/h3-4,6-9H,2,16H2. The smallest absolute Gasteiger partial charge is 0.0966 e. The Bertz CT molecular complexity index is 624. The molecule has 0 amide bonds. The summed E-state index contributed by atoms with van der Waals surface area (Å²) in [4.78, 5) is 0. The molecule has 0 unspecified atom stereocenters. The first-order valence-electron chi connectivity index (χ1n) is 4.96. The molecule has 76 valence electrons. The quantitative estimate of drug-likeness (QED) is 0.532. The molecule has 0 bridgehead atoms. The Kier molecular flexibility index (Phi) is 2.76. The maximum atomic E-state index is 8.43. The van der Waals surface area contributed by atoms with Gasteiger partial charge in [-0.3, -0.25) is 0 Å². The van der Waals surface area contributed by atoms with Crippen molar-refractivity contribution in [3.8, 4) is 17.9 Å². The minimum atomic E-state index is 0.249. The molecule has 0 aliphatic carbocycles. The van der Waals surface area contributed by atoms with Crippen LogP contribution in [-0.4, -0.2) is 0 Å². The molecule has 0 aliphatic heterocycles. The molecule has 0 heterocycles. The highest BCUT2D eigenvalue weighted by molar-refractivity contribution is 5.96.